The highest BCUT2D eigenvalue weighted by molar-refractivity contribution is 5.93. The van der Waals surface area contributed by atoms with Crippen LogP contribution in [0.5, 0.6) is 0 Å². The first-order chi connectivity index (χ1) is 11.5. The van der Waals surface area contributed by atoms with Crippen LogP contribution in [0, 0.1) is 12.8 Å². The summed E-state index contributed by atoms with van der Waals surface area (Å²) in [4.78, 5) is 15.2. The van der Waals surface area contributed by atoms with Crippen LogP contribution in [0.4, 0.5) is 0 Å². The standard InChI is InChI=1S/C18H33N5O/c1-6-15(7-2)22(12-13(3)4)18(24)17-14(5)23(21-20-17)16-8-10-19-11-9-16/h13,15-16,19H,6-12H2,1-5H3. The Morgan fingerprint density at radius 1 is 1.29 bits per heavy atom. The lowest BCUT2D eigenvalue weighted by atomic mass is 10.1. The molecular weight excluding hydrogens is 302 g/mol. The number of rotatable bonds is 7. The topological polar surface area (TPSA) is 63.1 Å². The van der Waals surface area contributed by atoms with Crippen LogP contribution in [0.1, 0.15) is 75.6 Å². The number of amides is 1. The Hall–Kier alpha value is -1.43. The average molecular weight is 335 g/mol. The van der Waals surface area contributed by atoms with E-state index in [-0.39, 0.29) is 11.9 Å². The van der Waals surface area contributed by atoms with E-state index in [0.717, 1.165) is 51.0 Å². The van der Waals surface area contributed by atoms with E-state index in [4.69, 9.17) is 0 Å². The van der Waals surface area contributed by atoms with Crippen molar-refractivity contribution in [2.24, 2.45) is 5.92 Å². The zero-order valence-electron chi connectivity index (χ0n) is 15.9. The van der Waals surface area contributed by atoms with Gasteiger partial charge < -0.3 is 10.2 Å². The minimum Gasteiger partial charge on any atom is -0.334 e. The molecule has 1 fully saturated rings. The summed E-state index contributed by atoms with van der Waals surface area (Å²) in [6.07, 6.45) is 4.02. The molecule has 0 atom stereocenters. The van der Waals surface area contributed by atoms with Crippen molar-refractivity contribution in [2.75, 3.05) is 19.6 Å². The Kier molecular flexibility index (Phi) is 6.78. The molecular formula is C18H33N5O. The zero-order valence-corrected chi connectivity index (χ0v) is 15.9. The lowest BCUT2D eigenvalue weighted by Crippen LogP contribution is -2.42. The van der Waals surface area contributed by atoms with Gasteiger partial charge in [-0.25, -0.2) is 4.68 Å². The highest BCUT2D eigenvalue weighted by Gasteiger charge is 2.29. The van der Waals surface area contributed by atoms with E-state index in [1.807, 2.05) is 16.5 Å². The minimum absolute atomic E-state index is 0.0371. The molecule has 0 aromatic carbocycles. The Bertz CT molecular complexity index is 530. The molecule has 6 nitrogen and oxygen atoms in total. The van der Waals surface area contributed by atoms with Gasteiger partial charge in [0.1, 0.15) is 0 Å². The first kappa shape index (κ1) is 18.9. The van der Waals surface area contributed by atoms with Crippen LogP contribution in [0.25, 0.3) is 0 Å². The Morgan fingerprint density at radius 3 is 2.46 bits per heavy atom. The number of carbonyl (C=O) groups excluding carboxylic acids is 1. The Balaban J connectivity index is 2.24. The maximum Gasteiger partial charge on any atom is 0.276 e. The number of nitrogens with zero attached hydrogens (tertiary/aromatic N) is 4. The third-order valence-electron chi connectivity index (χ3n) is 4.99. The lowest BCUT2D eigenvalue weighted by molar-refractivity contribution is 0.0633. The summed E-state index contributed by atoms with van der Waals surface area (Å²) in [6.45, 7) is 13.4. The zero-order chi connectivity index (χ0) is 17.7. The molecule has 0 aliphatic carbocycles. The van der Waals surface area contributed by atoms with Crippen LogP contribution in [0.15, 0.2) is 0 Å². The van der Waals surface area contributed by atoms with Gasteiger partial charge in [-0.2, -0.15) is 0 Å². The van der Waals surface area contributed by atoms with Gasteiger partial charge in [-0.15, -0.1) is 5.10 Å². The van der Waals surface area contributed by atoms with Crippen molar-refractivity contribution in [3.05, 3.63) is 11.4 Å². The van der Waals surface area contributed by atoms with Crippen LogP contribution < -0.4 is 5.32 Å². The van der Waals surface area contributed by atoms with Gasteiger partial charge in [0.05, 0.1) is 11.7 Å². The van der Waals surface area contributed by atoms with Gasteiger partial charge >= 0.3 is 0 Å². The van der Waals surface area contributed by atoms with Crippen LogP contribution in [-0.2, 0) is 0 Å². The van der Waals surface area contributed by atoms with Crippen LogP contribution in [0.3, 0.4) is 0 Å². The number of hydrogen-bond donors (Lipinski definition) is 1. The second-order valence-electron chi connectivity index (χ2n) is 7.27. The third-order valence-corrected chi connectivity index (χ3v) is 4.99. The molecule has 2 rings (SSSR count). The van der Waals surface area contributed by atoms with E-state index < -0.39 is 0 Å². The molecule has 1 N–H and O–H groups in total. The first-order valence-electron chi connectivity index (χ1n) is 9.42. The van der Waals surface area contributed by atoms with Crippen molar-refractivity contribution < 1.29 is 4.79 Å². The second-order valence-corrected chi connectivity index (χ2v) is 7.27. The predicted octanol–water partition coefficient (Wildman–Crippen LogP) is 2.80. The number of hydrogen-bond acceptors (Lipinski definition) is 4. The molecule has 1 aliphatic rings. The second kappa shape index (κ2) is 8.60. The quantitative estimate of drug-likeness (QED) is 0.832. The molecule has 1 aromatic heterocycles. The Labute approximate surface area is 146 Å². The summed E-state index contributed by atoms with van der Waals surface area (Å²) >= 11 is 0. The van der Waals surface area contributed by atoms with Crippen molar-refractivity contribution in [3.8, 4) is 0 Å². The van der Waals surface area contributed by atoms with E-state index in [0.29, 0.717) is 17.7 Å². The van der Waals surface area contributed by atoms with E-state index in [1.54, 1.807) is 0 Å². The molecule has 0 saturated carbocycles. The van der Waals surface area contributed by atoms with E-state index in [1.165, 1.54) is 0 Å². The van der Waals surface area contributed by atoms with Crippen molar-refractivity contribution in [3.63, 3.8) is 0 Å². The maximum atomic E-state index is 13.2. The Morgan fingerprint density at radius 2 is 1.92 bits per heavy atom. The number of piperidine rings is 1. The van der Waals surface area contributed by atoms with Gasteiger partial charge in [-0.3, -0.25) is 4.79 Å². The fourth-order valence-electron chi connectivity index (χ4n) is 3.59. The molecule has 2 heterocycles. The fraction of sp³-hybridized carbons (Fsp3) is 0.833. The van der Waals surface area contributed by atoms with Crippen molar-refractivity contribution >= 4 is 5.91 Å². The fourth-order valence-corrected chi connectivity index (χ4v) is 3.59. The van der Waals surface area contributed by atoms with Crippen molar-refractivity contribution in [2.45, 2.75) is 72.4 Å². The molecule has 136 valence electrons. The maximum absolute atomic E-state index is 13.2. The van der Waals surface area contributed by atoms with Gasteiger partial charge in [0.15, 0.2) is 5.69 Å². The molecule has 1 aliphatic heterocycles. The van der Waals surface area contributed by atoms with Gasteiger partial charge in [-0.1, -0.05) is 32.9 Å². The third kappa shape index (κ3) is 4.15. The van der Waals surface area contributed by atoms with Crippen molar-refractivity contribution in [1.82, 2.24) is 25.2 Å². The summed E-state index contributed by atoms with van der Waals surface area (Å²) in [6, 6.07) is 0.621. The summed E-state index contributed by atoms with van der Waals surface area (Å²) in [5.41, 5.74) is 1.44. The number of nitrogens with one attached hydrogen (secondary N) is 1. The predicted molar refractivity (Wildman–Crippen MR) is 96.1 cm³/mol. The van der Waals surface area contributed by atoms with Crippen LogP contribution in [0.2, 0.25) is 0 Å². The van der Waals surface area contributed by atoms with Gasteiger partial charge in [0.2, 0.25) is 0 Å². The molecule has 0 spiro atoms. The normalized spacial score (nSPS) is 16.1. The van der Waals surface area contributed by atoms with E-state index in [9.17, 15) is 4.79 Å². The lowest BCUT2D eigenvalue weighted by Gasteiger charge is -2.31. The van der Waals surface area contributed by atoms with E-state index >= 15 is 0 Å². The highest BCUT2D eigenvalue weighted by atomic mass is 16.2. The summed E-state index contributed by atoms with van der Waals surface area (Å²) in [7, 11) is 0. The smallest absolute Gasteiger partial charge is 0.276 e. The number of carbonyl (C=O) groups is 1. The van der Waals surface area contributed by atoms with Gasteiger partial charge in [-0.05, 0) is 51.6 Å². The van der Waals surface area contributed by atoms with Crippen molar-refractivity contribution in [1.29, 1.82) is 0 Å². The molecule has 1 aromatic rings. The highest BCUT2D eigenvalue weighted by Crippen LogP contribution is 2.22. The van der Waals surface area contributed by atoms with Crippen LogP contribution in [-0.4, -0.2) is 51.5 Å². The summed E-state index contributed by atoms with van der Waals surface area (Å²) in [5, 5.41) is 12.0. The molecule has 0 unspecified atom stereocenters. The SMILES string of the molecule is CCC(CC)N(CC(C)C)C(=O)c1nnn(C2CCNCC2)c1C. The molecule has 1 amide bonds. The molecule has 1 saturated heterocycles. The van der Waals surface area contributed by atoms with Crippen LogP contribution >= 0.6 is 0 Å². The minimum atomic E-state index is 0.0371. The first-order valence-corrected chi connectivity index (χ1v) is 9.42. The molecule has 6 heteroatoms. The monoisotopic (exact) mass is 335 g/mol. The molecule has 0 radical (unpaired) electrons. The van der Waals surface area contributed by atoms with E-state index in [2.05, 4.69) is 43.3 Å². The summed E-state index contributed by atoms with van der Waals surface area (Å²) in [5.74, 6) is 0.476. The molecule has 0 bridgehead atoms. The largest absolute Gasteiger partial charge is 0.334 e. The summed E-state index contributed by atoms with van der Waals surface area (Å²) < 4.78 is 1.97. The average Bonchev–Trinajstić information content (AvgIpc) is 2.96. The van der Waals surface area contributed by atoms with Gasteiger partial charge in [0.25, 0.3) is 5.91 Å². The molecule has 24 heavy (non-hydrogen) atoms. The van der Waals surface area contributed by atoms with Gasteiger partial charge in [0, 0.05) is 12.6 Å². The number of aromatic nitrogens is 3.